The van der Waals surface area contributed by atoms with Crippen LogP contribution in [0, 0.1) is 0 Å². The molecular weight excluding hydrogens is 180 g/mol. The van der Waals surface area contributed by atoms with Crippen molar-refractivity contribution in [3.8, 4) is 0 Å². The minimum Gasteiger partial charge on any atom is -0.464 e. The summed E-state index contributed by atoms with van der Waals surface area (Å²) in [5.74, 6) is -0.985. The van der Waals surface area contributed by atoms with Gasteiger partial charge in [-0.25, -0.2) is 4.79 Å². The lowest BCUT2D eigenvalue weighted by Gasteiger charge is -2.17. The van der Waals surface area contributed by atoms with Crippen molar-refractivity contribution in [1.82, 2.24) is 0 Å². The number of alkyl halides is 1. The first-order valence-corrected chi connectivity index (χ1v) is 4.24. The van der Waals surface area contributed by atoms with E-state index in [9.17, 15) is 9.59 Å². The predicted octanol–water partition coefficient (Wildman–Crippen LogP) is 1.53. The van der Waals surface area contributed by atoms with Crippen molar-refractivity contribution in [2.45, 2.75) is 32.1 Å². The molecule has 0 aromatic heterocycles. The van der Waals surface area contributed by atoms with Gasteiger partial charge in [0, 0.05) is 6.42 Å². The molecule has 12 heavy (non-hydrogen) atoms. The van der Waals surface area contributed by atoms with E-state index in [2.05, 4.69) is 4.74 Å². The van der Waals surface area contributed by atoms with Gasteiger partial charge >= 0.3 is 5.97 Å². The van der Waals surface area contributed by atoms with Gasteiger partial charge in [0.2, 0.25) is 0 Å². The first-order valence-electron chi connectivity index (χ1n) is 3.86. The van der Waals surface area contributed by atoms with Crippen LogP contribution in [0.3, 0.4) is 0 Å². The Hall–Kier alpha value is -0.570. The Morgan fingerprint density at radius 2 is 1.92 bits per heavy atom. The summed E-state index contributed by atoms with van der Waals surface area (Å²) < 4.78 is 4.64. The lowest BCUT2D eigenvalue weighted by molar-refractivity contribution is -0.149. The maximum absolute atomic E-state index is 11.1. The van der Waals surface area contributed by atoms with E-state index in [1.54, 1.807) is 13.8 Å². The first-order chi connectivity index (χ1) is 5.46. The van der Waals surface area contributed by atoms with Gasteiger partial charge in [0.15, 0.2) is 10.7 Å². The van der Waals surface area contributed by atoms with E-state index in [0.29, 0.717) is 0 Å². The number of ether oxygens (including phenoxy) is 1. The van der Waals surface area contributed by atoms with Crippen LogP contribution in [0.15, 0.2) is 0 Å². The van der Waals surface area contributed by atoms with Crippen LogP contribution in [0.2, 0.25) is 0 Å². The fourth-order valence-corrected chi connectivity index (χ4v) is 0.901. The van der Waals surface area contributed by atoms with Gasteiger partial charge in [-0.15, -0.1) is 0 Å². The van der Waals surface area contributed by atoms with Gasteiger partial charge in [0.05, 0.1) is 6.61 Å². The topological polar surface area (TPSA) is 43.4 Å². The van der Waals surface area contributed by atoms with E-state index < -0.39 is 10.8 Å². The van der Waals surface area contributed by atoms with Gasteiger partial charge in [0.1, 0.15) is 0 Å². The van der Waals surface area contributed by atoms with Crippen molar-refractivity contribution >= 4 is 23.4 Å². The molecule has 0 bridgehead atoms. The smallest absolute Gasteiger partial charge is 0.334 e. The Bertz CT molecular complexity index is 187. The van der Waals surface area contributed by atoms with Crippen LogP contribution in [0.1, 0.15) is 27.2 Å². The minimum atomic E-state index is -1.51. The molecular formula is C8H13ClO3. The first kappa shape index (κ1) is 11.4. The Morgan fingerprint density at radius 1 is 1.42 bits per heavy atom. The van der Waals surface area contributed by atoms with Gasteiger partial charge in [-0.05, 0) is 13.8 Å². The third kappa shape index (κ3) is 2.48. The molecule has 0 aliphatic carbocycles. The van der Waals surface area contributed by atoms with Crippen molar-refractivity contribution in [1.29, 1.82) is 0 Å². The molecule has 0 aromatic rings. The molecule has 4 heteroatoms. The maximum Gasteiger partial charge on any atom is 0.334 e. The second-order valence-corrected chi connectivity index (χ2v) is 3.26. The normalized spacial score (nSPS) is 15.0. The summed E-state index contributed by atoms with van der Waals surface area (Å²) in [5.41, 5.74) is 0. The van der Waals surface area contributed by atoms with E-state index in [4.69, 9.17) is 11.6 Å². The third-order valence-corrected chi connectivity index (χ3v) is 1.87. The number of hydrogen-bond donors (Lipinski definition) is 0. The summed E-state index contributed by atoms with van der Waals surface area (Å²) in [6.45, 7) is 4.92. The molecule has 0 N–H and O–H groups in total. The number of esters is 1. The summed E-state index contributed by atoms with van der Waals surface area (Å²) in [6.07, 6.45) is 0.235. The minimum absolute atomic E-state index is 0.234. The highest BCUT2D eigenvalue weighted by atomic mass is 35.5. The zero-order valence-electron chi connectivity index (χ0n) is 7.52. The number of ketones is 1. The molecule has 0 heterocycles. The van der Waals surface area contributed by atoms with Crippen molar-refractivity contribution in [3.05, 3.63) is 0 Å². The van der Waals surface area contributed by atoms with Gasteiger partial charge in [-0.2, -0.15) is 0 Å². The van der Waals surface area contributed by atoms with E-state index in [1.165, 1.54) is 6.92 Å². The van der Waals surface area contributed by atoms with Crippen LogP contribution < -0.4 is 0 Å². The van der Waals surface area contributed by atoms with Gasteiger partial charge < -0.3 is 4.74 Å². The zero-order chi connectivity index (χ0) is 9.78. The van der Waals surface area contributed by atoms with E-state index in [1.807, 2.05) is 0 Å². The van der Waals surface area contributed by atoms with Crippen molar-refractivity contribution < 1.29 is 14.3 Å². The summed E-state index contributed by atoms with van der Waals surface area (Å²) in [5, 5.41) is 0. The van der Waals surface area contributed by atoms with E-state index >= 15 is 0 Å². The highest BCUT2D eigenvalue weighted by molar-refractivity contribution is 6.45. The Labute approximate surface area is 77.0 Å². The average molecular weight is 193 g/mol. The van der Waals surface area contributed by atoms with Gasteiger partial charge in [-0.1, -0.05) is 18.5 Å². The molecule has 0 radical (unpaired) electrons. The molecule has 0 unspecified atom stereocenters. The lowest BCUT2D eigenvalue weighted by Crippen LogP contribution is -2.39. The van der Waals surface area contributed by atoms with E-state index in [0.717, 1.165) is 0 Å². The molecule has 1 atom stereocenters. The van der Waals surface area contributed by atoms with Crippen LogP contribution in [-0.2, 0) is 14.3 Å². The van der Waals surface area contributed by atoms with Gasteiger partial charge in [0.25, 0.3) is 0 Å². The highest BCUT2D eigenvalue weighted by Gasteiger charge is 2.38. The Balaban J connectivity index is 4.38. The maximum atomic E-state index is 11.1. The second kappa shape index (κ2) is 4.45. The molecule has 0 saturated heterocycles. The summed E-state index contributed by atoms with van der Waals surface area (Å²) >= 11 is 5.69. The monoisotopic (exact) mass is 192 g/mol. The summed E-state index contributed by atoms with van der Waals surface area (Å²) in [6, 6.07) is 0. The molecule has 0 saturated carbocycles. The van der Waals surface area contributed by atoms with Crippen LogP contribution in [0.5, 0.6) is 0 Å². The number of carbonyl (C=O) groups excluding carboxylic acids is 2. The SMILES string of the molecule is CCOC(=O)[C@@](C)(Cl)C(=O)CC. The molecule has 0 aromatic carbocycles. The second-order valence-electron chi connectivity index (χ2n) is 2.50. The van der Waals surface area contributed by atoms with Crippen LogP contribution in [-0.4, -0.2) is 23.2 Å². The van der Waals surface area contributed by atoms with Crippen LogP contribution in [0.25, 0.3) is 0 Å². The fourth-order valence-electron chi connectivity index (χ4n) is 0.712. The fraction of sp³-hybridized carbons (Fsp3) is 0.750. The van der Waals surface area contributed by atoms with Crippen LogP contribution in [0.4, 0.5) is 0 Å². The Morgan fingerprint density at radius 3 is 2.25 bits per heavy atom. The molecule has 70 valence electrons. The number of halogens is 1. The van der Waals surface area contributed by atoms with Crippen molar-refractivity contribution in [2.24, 2.45) is 0 Å². The molecule has 3 nitrogen and oxygen atoms in total. The molecule has 0 aliphatic heterocycles. The standard InChI is InChI=1S/C8H13ClO3/c1-4-6(10)8(3,9)7(11)12-5-2/h4-5H2,1-3H3/t8-/m0/s1. The molecule has 0 amide bonds. The molecule has 0 spiro atoms. The number of carbonyl (C=O) groups is 2. The Kier molecular flexibility index (Phi) is 4.24. The van der Waals surface area contributed by atoms with Crippen molar-refractivity contribution in [2.75, 3.05) is 6.61 Å². The number of Topliss-reactive ketones (excluding diaryl/α,β-unsaturated/α-hetero) is 1. The zero-order valence-corrected chi connectivity index (χ0v) is 8.27. The largest absolute Gasteiger partial charge is 0.464 e. The predicted molar refractivity (Wildman–Crippen MR) is 46.2 cm³/mol. The molecule has 0 rings (SSSR count). The molecule has 0 fully saturated rings. The van der Waals surface area contributed by atoms with Crippen LogP contribution >= 0.6 is 11.6 Å². The number of hydrogen-bond acceptors (Lipinski definition) is 3. The van der Waals surface area contributed by atoms with Gasteiger partial charge in [-0.3, -0.25) is 4.79 Å². The van der Waals surface area contributed by atoms with Crippen molar-refractivity contribution in [3.63, 3.8) is 0 Å². The summed E-state index contributed by atoms with van der Waals surface area (Å²) in [7, 11) is 0. The highest BCUT2D eigenvalue weighted by Crippen LogP contribution is 2.19. The summed E-state index contributed by atoms with van der Waals surface area (Å²) in [4.78, 5) is 20.7. The van der Waals surface area contributed by atoms with E-state index in [-0.39, 0.29) is 18.8 Å². The molecule has 0 aliphatic rings. The third-order valence-electron chi connectivity index (χ3n) is 1.50. The average Bonchev–Trinajstić information content (AvgIpc) is 2.03. The number of rotatable bonds is 4. The lowest BCUT2D eigenvalue weighted by atomic mass is 10.0. The quantitative estimate of drug-likeness (QED) is 0.386.